The lowest BCUT2D eigenvalue weighted by atomic mass is 9.70. The Morgan fingerprint density at radius 2 is 1.97 bits per heavy atom. The molecule has 7 nitrogen and oxygen atoms in total. The SMILES string of the molecule is C=CCN(C)C(=O)[C@H]1[C@@H]2SC3(CC2Br)C(C(=O)N(CC=C)CCCC)N(CCCO)C(=O)[C@H]13. The average molecular weight is 543 g/mol. The lowest BCUT2D eigenvalue weighted by Gasteiger charge is -2.38. The summed E-state index contributed by atoms with van der Waals surface area (Å²) in [5.41, 5.74) is 0. The second kappa shape index (κ2) is 11.0. The number of carbonyl (C=O) groups is 3. The van der Waals surface area contributed by atoms with Crippen molar-refractivity contribution in [1.29, 1.82) is 0 Å². The minimum atomic E-state index is -0.649. The van der Waals surface area contributed by atoms with E-state index in [2.05, 4.69) is 36.0 Å². The number of aliphatic hydroxyl groups is 1. The third-order valence-corrected chi connectivity index (χ3v) is 10.3. The second-order valence-electron chi connectivity index (χ2n) is 9.21. The molecule has 3 saturated heterocycles. The number of hydrogen-bond donors (Lipinski definition) is 1. The molecule has 0 aromatic heterocycles. The first-order chi connectivity index (χ1) is 15.8. The van der Waals surface area contributed by atoms with Crippen molar-refractivity contribution < 1.29 is 19.5 Å². The zero-order valence-electron chi connectivity index (χ0n) is 19.6. The van der Waals surface area contributed by atoms with Crippen LogP contribution in [0.15, 0.2) is 25.3 Å². The van der Waals surface area contributed by atoms with E-state index in [1.54, 1.807) is 45.7 Å². The van der Waals surface area contributed by atoms with E-state index in [4.69, 9.17) is 0 Å². The van der Waals surface area contributed by atoms with E-state index in [-0.39, 0.29) is 34.4 Å². The van der Waals surface area contributed by atoms with E-state index in [0.29, 0.717) is 39.0 Å². The normalized spacial score (nSPS) is 32.1. The minimum Gasteiger partial charge on any atom is -0.396 e. The number of unbranched alkanes of at least 4 members (excludes halogenated alkanes) is 1. The van der Waals surface area contributed by atoms with Gasteiger partial charge in [0, 0.05) is 49.9 Å². The summed E-state index contributed by atoms with van der Waals surface area (Å²) in [5.74, 6) is -1.29. The highest BCUT2D eigenvalue weighted by atomic mass is 79.9. The minimum absolute atomic E-state index is 0.0502. The van der Waals surface area contributed by atoms with Crippen LogP contribution in [0.2, 0.25) is 0 Å². The summed E-state index contributed by atoms with van der Waals surface area (Å²) in [6, 6.07) is -0.643. The molecular formula is C24H36BrN3O4S. The van der Waals surface area contributed by atoms with Crippen LogP contribution in [0.1, 0.15) is 32.6 Å². The number of nitrogens with zero attached hydrogens (tertiary/aromatic N) is 3. The summed E-state index contributed by atoms with van der Waals surface area (Å²) in [4.78, 5) is 46.4. The third-order valence-electron chi connectivity index (χ3n) is 7.09. The van der Waals surface area contributed by atoms with Crippen LogP contribution in [-0.4, -0.2) is 98.2 Å². The molecule has 1 spiro atoms. The Kier molecular flexibility index (Phi) is 8.72. The summed E-state index contributed by atoms with van der Waals surface area (Å²) in [5, 5.41) is 9.41. The Bertz CT molecular complexity index is 796. The van der Waals surface area contributed by atoms with Gasteiger partial charge in [-0.1, -0.05) is 41.4 Å². The molecule has 0 aromatic carbocycles. The monoisotopic (exact) mass is 541 g/mol. The third kappa shape index (κ3) is 4.52. The maximum atomic E-state index is 14.0. The van der Waals surface area contributed by atoms with Gasteiger partial charge in [0.05, 0.1) is 16.6 Å². The summed E-state index contributed by atoms with van der Waals surface area (Å²) in [7, 11) is 1.73. The lowest BCUT2D eigenvalue weighted by molar-refractivity contribution is -0.144. The molecule has 0 aromatic rings. The van der Waals surface area contributed by atoms with Crippen LogP contribution in [-0.2, 0) is 14.4 Å². The highest BCUT2D eigenvalue weighted by molar-refractivity contribution is 9.09. The van der Waals surface area contributed by atoms with Crippen molar-refractivity contribution in [3.05, 3.63) is 25.3 Å². The predicted molar refractivity (Wildman–Crippen MR) is 135 cm³/mol. The van der Waals surface area contributed by atoms with E-state index in [1.807, 2.05) is 0 Å². The fraction of sp³-hybridized carbons (Fsp3) is 0.708. The summed E-state index contributed by atoms with van der Waals surface area (Å²) >= 11 is 5.43. The highest BCUT2D eigenvalue weighted by Crippen LogP contribution is 2.68. The van der Waals surface area contributed by atoms with Crippen LogP contribution in [0.5, 0.6) is 0 Å². The average Bonchev–Trinajstić information content (AvgIpc) is 3.37. The predicted octanol–water partition coefficient (Wildman–Crippen LogP) is 2.29. The van der Waals surface area contributed by atoms with Crippen molar-refractivity contribution in [2.24, 2.45) is 11.8 Å². The Morgan fingerprint density at radius 3 is 2.58 bits per heavy atom. The van der Waals surface area contributed by atoms with Crippen LogP contribution in [0.4, 0.5) is 0 Å². The Hall–Kier alpha value is -1.32. The van der Waals surface area contributed by atoms with E-state index in [1.165, 1.54) is 0 Å². The first kappa shape index (κ1) is 26.3. The number of likely N-dealkylation sites (N-methyl/N-ethyl adjacent to an activating group) is 1. The number of carbonyl (C=O) groups excluding carboxylic acids is 3. The largest absolute Gasteiger partial charge is 0.396 e. The first-order valence-electron chi connectivity index (χ1n) is 11.8. The molecule has 9 heteroatoms. The molecule has 1 N–H and O–H groups in total. The van der Waals surface area contributed by atoms with Crippen molar-refractivity contribution in [2.75, 3.05) is 39.8 Å². The van der Waals surface area contributed by atoms with Gasteiger partial charge in [0.1, 0.15) is 6.04 Å². The molecule has 3 aliphatic heterocycles. The van der Waals surface area contributed by atoms with Gasteiger partial charge in [0.2, 0.25) is 17.7 Å². The van der Waals surface area contributed by atoms with Crippen molar-refractivity contribution in [2.45, 2.75) is 53.5 Å². The van der Waals surface area contributed by atoms with E-state index in [9.17, 15) is 19.5 Å². The molecule has 2 bridgehead atoms. The fourth-order valence-corrected chi connectivity index (χ4v) is 9.28. The molecule has 6 atom stereocenters. The van der Waals surface area contributed by atoms with Crippen LogP contribution >= 0.6 is 27.7 Å². The number of alkyl halides is 1. The Labute approximate surface area is 209 Å². The number of likely N-dealkylation sites (tertiary alicyclic amines) is 1. The summed E-state index contributed by atoms with van der Waals surface area (Å²) in [6.07, 6.45) is 6.29. The quantitative estimate of drug-likeness (QED) is 0.303. The molecule has 0 aliphatic carbocycles. The van der Waals surface area contributed by atoms with Gasteiger partial charge in [-0.15, -0.1) is 24.9 Å². The number of hydrogen-bond acceptors (Lipinski definition) is 5. The standard InChI is InChI=1S/C24H36BrN3O4S/c1-5-8-12-27(11-7-3)23(32)20-24-15-16(25)19(33-24)17(21(30)26(4)10-6-2)18(24)22(31)28(20)13-9-14-29/h6-7,16-20,29H,2-3,5,8-15H2,1,4H3/t16?,17-,18+,19-,20?,24?/m1/s1. The molecule has 0 saturated carbocycles. The van der Waals surface area contributed by atoms with Gasteiger partial charge >= 0.3 is 0 Å². The van der Waals surface area contributed by atoms with Crippen molar-refractivity contribution >= 4 is 45.4 Å². The number of fused-ring (bicyclic) bond motifs is 1. The molecule has 3 amide bonds. The van der Waals surface area contributed by atoms with Gasteiger partial charge in [-0.2, -0.15) is 0 Å². The molecule has 184 valence electrons. The number of halogens is 1. The van der Waals surface area contributed by atoms with Gasteiger partial charge in [-0.3, -0.25) is 14.4 Å². The molecule has 3 aliphatic rings. The fourth-order valence-electron chi connectivity index (χ4n) is 5.68. The molecule has 3 heterocycles. The molecule has 3 unspecified atom stereocenters. The number of rotatable bonds is 12. The van der Waals surface area contributed by atoms with Gasteiger partial charge in [-0.05, 0) is 19.3 Å². The van der Waals surface area contributed by atoms with E-state index in [0.717, 1.165) is 12.8 Å². The maximum absolute atomic E-state index is 14.0. The van der Waals surface area contributed by atoms with Crippen LogP contribution in [0, 0.1) is 11.8 Å². The smallest absolute Gasteiger partial charge is 0.247 e. The summed E-state index contributed by atoms with van der Waals surface area (Å²) in [6.45, 7) is 11.3. The zero-order chi connectivity index (χ0) is 24.3. The van der Waals surface area contributed by atoms with Gasteiger partial charge < -0.3 is 19.8 Å². The summed E-state index contributed by atoms with van der Waals surface area (Å²) < 4.78 is -0.649. The zero-order valence-corrected chi connectivity index (χ0v) is 22.0. The van der Waals surface area contributed by atoms with Gasteiger partial charge in [-0.25, -0.2) is 0 Å². The van der Waals surface area contributed by atoms with E-state index < -0.39 is 22.6 Å². The van der Waals surface area contributed by atoms with Gasteiger partial charge in [0.15, 0.2) is 0 Å². The van der Waals surface area contributed by atoms with Crippen LogP contribution in [0.25, 0.3) is 0 Å². The molecule has 0 radical (unpaired) electrons. The van der Waals surface area contributed by atoms with Crippen LogP contribution in [0.3, 0.4) is 0 Å². The maximum Gasteiger partial charge on any atom is 0.247 e. The molecule has 3 fully saturated rings. The van der Waals surface area contributed by atoms with Crippen molar-refractivity contribution in [1.82, 2.24) is 14.7 Å². The molecular weight excluding hydrogens is 506 g/mol. The first-order valence-corrected chi connectivity index (χ1v) is 13.6. The Balaban J connectivity index is 2.03. The van der Waals surface area contributed by atoms with Crippen molar-refractivity contribution in [3.8, 4) is 0 Å². The molecule has 3 rings (SSSR count). The topological polar surface area (TPSA) is 81.2 Å². The lowest BCUT2D eigenvalue weighted by Crippen LogP contribution is -2.56. The second-order valence-corrected chi connectivity index (χ2v) is 11.9. The highest BCUT2D eigenvalue weighted by Gasteiger charge is 2.75. The van der Waals surface area contributed by atoms with Gasteiger partial charge in [0.25, 0.3) is 0 Å². The van der Waals surface area contributed by atoms with E-state index >= 15 is 0 Å². The number of thioether (sulfide) groups is 1. The van der Waals surface area contributed by atoms with Crippen LogP contribution < -0.4 is 0 Å². The number of aliphatic hydroxyl groups excluding tert-OH is 1. The van der Waals surface area contributed by atoms with Crippen molar-refractivity contribution in [3.63, 3.8) is 0 Å². The Morgan fingerprint density at radius 1 is 1.27 bits per heavy atom. The molecule has 33 heavy (non-hydrogen) atoms. The number of amides is 3.